The summed E-state index contributed by atoms with van der Waals surface area (Å²) >= 11 is 0. The van der Waals surface area contributed by atoms with E-state index in [0.29, 0.717) is 30.2 Å². The highest BCUT2D eigenvalue weighted by Crippen LogP contribution is 2.30. The number of nitrogens with one attached hydrogen (secondary N) is 1. The molecule has 0 radical (unpaired) electrons. The van der Waals surface area contributed by atoms with Gasteiger partial charge in [0.05, 0.1) is 11.7 Å². The molecular weight excluding hydrogens is 456 g/mol. The first kappa shape index (κ1) is 26.1. The first-order chi connectivity index (χ1) is 17.4. The van der Waals surface area contributed by atoms with E-state index in [2.05, 4.69) is 29.0 Å². The molecule has 0 bridgehead atoms. The zero-order valence-electron chi connectivity index (χ0n) is 21.8. The lowest BCUT2D eigenvalue weighted by Gasteiger charge is -2.36. The van der Waals surface area contributed by atoms with Crippen LogP contribution >= 0.6 is 0 Å². The lowest BCUT2D eigenvalue weighted by Crippen LogP contribution is -2.46. The highest BCUT2D eigenvalue weighted by molar-refractivity contribution is 6.00. The highest BCUT2D eigenvalue weighted by Gasteiger charge is 2.29. The first-order valence-electron chi connectivity index (χ1n) is 12.8. The van der Waals surface area contributed by atoms with E-state index in [9.17, 15) is 9.59 Å². The fourth-order valence-corrected chi connectivity index (χ4v) is 4.79. The van der Waals surface area contributed by atoms with E-state index >= 15 is 0 Å². The number of rotatable bonds is 5. The quantitative estimate of drug-likeness (QED) is 0.680. The maximum Gasteiger partial charge on any atom is 0.257 e. The summed E-state index contributed by atoms with van der Waals surface area (Å²) in [5, 5.41) is 2.98. The van der Waals surface area contributed by atoms with Gasteiger partial charge in [-0.2, -0.15) is 0 Å². The van der Waals surface area contributed by atoms with Crippen LogP contribution in [-0.2, 0) is 16.1 Å². The van der Waals surface area contributed by atoms with Crippen LogP contribution in [-0.4, -0.2) is 72.6 Å². The molecule has 2 aliphatic rings. The van der Waals surface area contributed by atoms with E-state index in [4.69, 9.17) is 9.47 Å². The number of anilines is 1. The summed E-state index contributed by atoms with van der Waals surface area (Å²) in [6.45, 7) is 6.74. The number of carbonyl (C=O) groups is 2. The Labute approximate surface area is 214 Å². The van der Waals surface area contributed by atoms with Crippen molar-refractivity contribution in [2.24, 2.45) is 11.8 Å². The van der Waals surface area contributed by atoms with Gasteiger partial charge in [-0.15, -0.1) is 0 Å². The number of benzene rings is 1. The van der Waals surface area contributed by atoms with Gasteiger partial charge in [-0.3, -0.25) is 19.5 Å². The average molecular weight is 495 g/mol. The topological polar surface area (TPSA) is 84.0 Å². The minimum Gasteiger partial charge on any atom is -0.491 e. The number of amides is 2. The lowest BCUT2D eigenvalue weighted by molar-refractivity contribution is -0.122. The molecule has 1 aromatic carbocycles. The van der Waals surface area contributed by atoms with Crippen LogP contribution in [0.3, 0.4) is 0 Å². The molecule has 2 heterocycles. The third-order valence-corrected chi connectivity index (χ3v) is 7.45. The second-order valence-corrected chi connectivity index (χ2v) is 10.2. The molecule has 1 aliphatic heterocycles. The van der Waals surface area contributed by atoms with Crippen LogP contribution in [0.5, 0.6) is 5.75 Å². The first-order valence-corrected chi connectivity index (χ1v) is 12.8. The summed E-state index contributed by atoms with van der Waals surface area (Å²) in [4.78, 5) is 34.2. The SMILES string of the molecule is CO[C@@H]1CN(C)C(=O)c2cc(NC(=O)C3CCC3)ccc2OC[C@H](C)N(Cc2ccncc2)C[C@H]1C. The summed E-state index contributed by atoms with van der Waals surface area (Å²) in [6.07, 6.45) is 6.43. The predicted octanol–water partition coefficient (Wildman–Crippen LogP) is 3.83. The number of hydrogen-bond donors (Lipinski definition) is 1. The van der Waals surface area contributed by atoms with E-state index in [1.807, 2.05) is 30.6 Å². The Hall–Kier alpha value is -2.97. The molecule has 1 aromatic heterocycles. The summed E-state index contributed by atoms with van der Waals surface area (Å²) < 4.78 is 12.1. The monoisotopic (exact) mass is 494 g/mol. The number of likely N-dealkylation sites (N-methyl/N-ethyl adjacent to an activating group) is 1. The Morgan fingerprint density at radius 3 is 2.58 bits per heavy atom. The average Bonchev–Trinajstić information content (AvgIpc) is 2.84. The van der Waals surface area contributed by atoms with Crippen molar-refractivity contribution in [2.45, 2.75) is 51.8 Å². The predicted molar refractivity (Wildman–Crippen MR) is 139 cm³/mol. The number of ether oxygens (including phenoxy) is 2. The van der Waals surface area contributed by atoms with E-state index < -0.39 is 0 Å². The molecule has 0 saturated heterocycles. The third-order valence-electron chi connectivity index (χ3n) is 7.45. The third kappa shape index (κ3) is 6.23. The van der Waals surface area contributed by atoms with Gasteiger partial charge < -0.3 is 19.7 Å². The van der Waals surface area contributed by atoms with Crippen LogP contribution < -0.4 is 10.1 Å². The van der Waals surface area contributed by atoms with Crippen molar-refractivity contribution in [3.8, 4) is 5.75 Å². The number of hydrogen-bond acceptors (Lipinski definition) is 6. The molecule has 194 valence electrons. The molecule has 1 N–H and O–H groups in total. The molecule has 8 heteroatoms. The summed E-state index contributed by atoms with van der Waals surface area (Å²) in [5.41, 5.74) is 2.25. The Morgan fingerprint density at radius 1 is 1.17 bits per heavy atom. The van der Waals surface area contributed by atoms with Gasteiger partial charge in [0.25, 0.3) is 5.91 Å². The van der Waals surface area contributed by atoms with Gasteiger partial charge in [0, 0.05) is 63.8 Å². The Balaban J connectivity index is 1.60. The van der Waals surface area contributed by atoms with Crippen LogP contribution in [0.25, 0.3) is 0 Å². The van der Waals surface area contributed by atoms with Crippen LogP contribution in [0.4, 0.5) is 5.69 Å². The van der Waals surface area contributed by atoms with E-state index in [-0.39, 0.29) is 35.8 Å². The Kier molecular flexibility index (Phi) is 8.59. The lowest BCUT2D eigenvalue weighted by atomic mass is 9.85. The molecule has 36 heavy (non-hydrogen) atoms. The van der Waals surface area contributed by atoms with Crippen LogP contribution in [0.2, 0.25) is 0 Å². The standard InChI is InChI=1S/C28H38N4O4/c1-19-15-32(16-21-10-12-29-13-11-21)20(2)18-36-25-9-8-23(30-27(33)22-6-5-7-22)14-24(25)28(34)31(3)17-26(19)35-4/h8-14,19-20,22,26H,5-7,15-18H2,1-4H3,(H,30,33)/t19-,20+,26-/m1/s1. The van der Waals surface area contributed by atoms with Crippen molar-refractivity contribution in [3.63, 3.8) is 0 Å². The van der Waals surface area contributed by atoms with Gasteiger partial charge in [0.2, 0.25) is 5.91 Å². The molecule has 2 aromatic rings. The number of fused-ring (bicyclic) bond motifs is 1. The van der Waals surface area contributed by atoms with Gasteiger partial charge >= 0.3 is 0 Å². The smallest absolute Gasteiger partial charge is 0.257 e. The normalized spacial score (nSPS) is 24.1. The fraction of sp³-hybridized carbons (Fsp3) is 0.536. The second-order valence-electron chi connectivity index (χ2n) is 10.2. The second kappa shape index (κ2) is 11.8. The Morgan fingerprint density at radius 2 is 1.92 bits per heavy atom. The van der Waals surface area contributed by atoms with E-state index in [0.717, 1.165) is 32.4 Å². The van der Waals surface area contributed by atoms with Crippen molar-refractivity contribution in [3.05, 3.63) is 53.9 Å². The number of methoxy groups -OCH3 is 1. The maximum atomic E-state index is 13.5. The maximum absolute atomic E-state index is 13.5. The number of nitrogens with zero attached hydrogens (tertiary/aromatic N) is 3. The molecule has 0 spiro atoms. The van der Waals surface area contributed by atoms with Gasteiger partial charge in [-0.05, 0) is 61.6 Å². The summed E-state index contributed by atoms with van der Waals surface area (Å²) in [6, 6.07) is 9.50. The molecule has 3 atom stereocenters. The molecule has 1 saturated carbocycles. The van der Waals surface area contributed by atoms with Gasteiger partial charge in [0.1, 0.15) is 12.4 Å². The van der Waals surface area contributed by atoms with Crippen molar-refractivity contribution in [1.82, 2.24) is 14.8 Å². The van der Waals surface area contributed by atoms with Crippen molar-refractivity contribution in [1.29, 1.82) is 0 Å². The molecule has 2 amide bonds. The van der Waals surface area contributed by atoms with Crippen molar-refractivity contribution < 1.29 is 19.1 Å². The zero-order valence-corrected chi connectivity index (χ0v) is 21.8. The van der Waals surface area contributed by atoms with Crippen LogP contribution in [0, 0.1) is 11.8 Å². The number of aromatic nitrogens is 1. The van der Waals surface area contributed by atoms with Crippen molar-refractivity contribution in [2.75, 3.05) is 39.2 Å². The minimum atomic E-state index is -0.152. The molecule has 4 rings (SSSR count). The summed E-state index contributed by atoms with van der Waals surface area (Å²) in [7, 11) is 3.49. The summed E-state index contributed by atoms with van der Waals surface area (Å²) in [5.74, 6) is 0.635. The number of carbonyl (C=O) groups excluding carboxylic acids is 2. The van der Waals surface area contributed by atoms with E-state index in [1.54, 1.807) is 31.2 Å². The van der Waals surface area contributed by atoms with Gasteiger partial charge in [-0.1, -0.05) is 13.3 Å². The molecule has 1 fully saturated rings. The van der Waals surface area contributed by atoms with Crippen molar-refractivity contribution >= 4 is 17.5 Å². The number of pyridine rings is 1. The molecule has 0 unspecified atom stereocenters. The van der Waals surface area contributed by atoms with Crippen LogP contribution in [0.1, 0.15) is 49.0 Å². The van der Waals surface area contributed by atoms with E-state index in [1.165, 1.54) is 5.56 Å². The fourth-order valence-electron chi connectivity index (χ4n) is 4.79. The zero-order chi connectivity index (χ0) is 25.7. The minimum absolute atomic E-state index is 0.0183. The Bertz CT molecular complexity index is 1040. The molecule has 8 nitrogen and oxygen atoms in total. The molecule has 1 aliphatic carbocycles. The van der Waals surface area contributed by atoms with Gasteiger partial charge in [-0.25, -0.2) is 0 Å². The molecular formula is C28H38N4O4. The van der Waals surface area contributed by atoms with Gasteiger partial charge in [0.15, 0.2) is 0 Å². The largest absolute Gasteiger partial charge is 0.491 e. The highest BCUT2D eigenvalue weighted by atomic mass is 16.5. The van der Waals surface area contributed by atoms with Crippen LogP contribution in [0.15, 0.2) is 42.7 Å².